The first kappa shape index (κ1) is 12.5. The van der Waals surface area contributed by atoms with Crippen LogP contribution in [0.3, 0.4) is 0 Å². The highest BCUT2D eigenvalue weighted by molar-refractivity contribution is 7.89. The summed E-state index contributed by atoms with van der Waals surface area (Å²) in [6.07, 6.45) is 2.01. The summed E-state index contributed by atoms with van der Waals surface area (Å²) in [5.74, 6) is -0.0341. The molecule has 2 rings (SSSR count). The number of carbonyl (C=O) groups is 1. The zero-order chi connectivity index (χ0) is 13.0. The minimum Gasteiger partial charge on any atom is -0.440 e. The molecule has 1 N–H and O–H groups in total. The average molecular weight is 266 g/mol. The third-order valence-corrected chi connectivity index (χ3v) is 3.43. The zero-order valence-electron chi connectivity index (χ0n) is 9.24. The monoisotopic (exact) mass is 266 g/mol. The molecule has 7 heteroatoms. The number of hydrogen-bond donors (Lipinski definition) is 1. The Hall–Kier alpha value is -1.99. The van der Waals surface area contributed by atoms with Crippen LogP contribution in [0.15, 0.2) is 46.0 Å². The van der Waals surface area contributed by atoms with E-state index in [-0.39, 0.29) is 17.4 Å². The molecule has 0 aliphatic heterocycles. The van der Waals surface area contributed by atoms with Crippen molar-refractivity contribution >= 4 is 16.3 Å². The minimum atomic E-state index is -3.76. The van der Waals surface area contributed by atoms with Crippen LogP contribution < -0.4 is 4.72 Å². The number of nitrogens with zero attached hydrogens (tertiary/aromatic N) is 1. The van der Waals surface area contributed by atoms with Crippen molar-refractivity contribution in [3.8, 4) is 0 Å². The smallest absolute Gasteiger partial charge is 0.274 e. The van der Waals surface area contributed by atoms with Crippen molar-refractivity contribution in [1.29, 1.82) is 0 Å². The Morgan fingerprint density at radius 3 is 2.72 bits per heavy atom. The van der Waals surface area contributed by atoms with Crippen LogP contribution in [-0.4, -0.2) is 19.7 Å². The Bertz CT molecular complexity index is 634. The predicted octanol–water partition coefficient (Wildman–Crippen LogP) is 0.966. The van der Waals surface area contributed by atoms with Crippen molar-refractivity contribution in [1.82, 2.24) is 9.71 Å². The van der Waals surface area contributed by atoms with Crippen molar-refractivity contribution in [2.24, 2.45) is 0 Å². The van der Waals surface area contributed by atoms with Crippen LogP contribution in [0.25, 0.3) is 0 Å². The second-order valence-electron chi connectivity index (χ2n) is 3.42. The molecule has 0 bridgehead atoms. The normalized spacial score (nSPS) is 11.3. The number of aldehydes is 1. The van der Waals surface area contributed by atoms with Gasteiger partial charge in [0, 0.05) is 6.20 Å². The molecule has 18 heavy (non-hydrogen) atoms. The summed E-state index contributed by atoms with van der Waals surface area (Å²) in [5, 5.41) is -0.291. The molecule has 0 unspecified atom stereocenters. The van der Waals surface area contributed by atoms with E-state index in [1.807, 2.05) is 0 Å². The van der Waals surface area contributed by atoms with Gasteiger partial charge < -0.3 is 4.42 Å². The molecule has 0 spiro atoms. The van der Waals surface area contributed by atoms with Crippen LogP contribution in [0.1, 0.15) is 16.2 Å². The molecule has 0 aliphatic rings. The first-order valence-electron chi connectivity index (χ1n) is 5.06. The summed E-state index contributed by atoms with van der Waals surface area (Å²) in [7, 11) is -3.76. The molecule has 0 aromatic carbocycles. The Balaban J connectivity index is 2.10. The maximum absolute atomic E-state index is 11.8. The van der Waals surface area contributed by atoms with Gasteiger partial charge >= 0.3 is 0 Å². The summed E-state index contributed by atoms with van der Waals surface area (Å²) in [5.41, 5.74) is 0.586. The predicted molar refractivity (Wildman–Crippen MR) is 62.4 cm³/mol. The first-order chi connectivity index (χ1) is 8.62. The molecule has 2 aromatic heterocycles. The number of pyridine rings is 1. The second-order valence-corrected chi connectivity index (χ2v) is 5.12. The molecule has 6 nitrogen and oxygen atoms in total. The Morgan fingerprint density at radius 1 is 1.28 bits per heavy atom. The lowest BCUT2D eigenvalue weighted by molar-refractivity contribution is 0.109. The molecule has 2 aromatic rings. The van der Waals surface area contributed by atoms with Gasteiger partial charge in [-0.15, -0.1) is 0 Å². The topological polar surface area (TPSA) is 89.3 Å². The Labute approximate surface area is 104 Å². The van der Waals surface area contributed by atoms with Crippen molar-refractivity contribution in [2.45, 2.75) is 11.6 Å². The molecular weight excluding hydrogens is 256 g/mol. The standard InChI is InChI=1S/C11H10N2O4S/c14-8-10-4-5-11(17-10)18(15,16)13-7-9-3-1-2-6-12-9/h1-6,8,13H,7H2. The number of carbonyl (C=O) groups excluding carboxylic acids is 1. The number of aromatic nitrogens is 1. The Kier molecular flexibility index (Phi) is 3.54. The lowest BCUT2D eigenvalue weighted by Crippen LogP contribution is -2.23. The molecule has 0 saturated carbocycles. The van der Waals surface area contributed by atoms with E-state index in [1.165, 1.54) is 12.1 Å². The van der Waals surface area contributed by atoms with Gasteiger partial charge in [0.1, 0.15) is 0 Å². The molecule has 0 radical (unpaired) electrons. The van der Waals surface area contributed by atoms with E-state index in [0.29, 0.717) is 12.0 Å². The third-order valence-electron chi connectivity index (χ3n) is 2.15. The highest BCUT2D eigenvalue weighted by atomic mass is 32.2. The molecule has 0 amide bonds. The molecule has 94 valence electrons. The van der Waals surface area contributed by atoms with Gasteiger partial charge in [-0.3, -0.25) is 9.78 Å². The maximum Gasteiger partial charge on any atom is 0.274 e. The van der Waals surface area contributed by atoms with Gasteiger partial charge in [-0.1, -0.05) is 6.07 Å². The number of rotatable bonds is 5. The third kappa shape index (κ3) is 2.82. The van der Waals surface area contributed by atoms with E-state index in [4.69, 9.17) is 4.42 Å². The molecule has 0 saturated heterocycles. The van der Waals surface area contributed by atoms with Crippen LogP contribution in [0.4, 0.5) is 0 Å². The number of hydrogen-bond acceptors (Lipinski definition) is 5. The Morgan fingerprint density at radius 2 is 2.11 bits per heavy atom. The first-order valence-corrected chi connectivity index (χ1v) is 6.55. The summed E-state index contributed by atoms with van der Waals surface area (Å²) < 4.78 is 30.7. The highest BCUT2D eigenvalue weighted by Crippen LogP contribution is 2.12. The lowest BCUT2D eigenvalue weighted by Gasteiger charge is -2.03. The fraction of sp³-hybridized carbons (Fsp3) is 0.0909. The van der Waals surface area contributed by atoms with Crippen LogP contribution in [0, 0.1) is 0 Å². The van der Waals surface area contributed by atoms with E-state index in [0.717, 1.165) is 0 Å². The van der Waals surface area contributed by atoms with Crippen LogP contribution >= 0.6 is 0 Å². The number of furan rings is 1. The maximum atomic E-state index is 11.8. The van der Waals surface area contributed by atoms with Gasteiger partial charge in [-0.25, -0.2) is 13.1 Å². The van der Waals surface area contributed by atoms with Gasteiger partial charge in [0.25, 0.3) is 10.0 Å². The molecule has 0 fully saturated rings. The lowest BCUT2D eigenvalue weighted by atomic mass is 10.4. The van der Waals surface area contributed by atoms with Crippen LogP contribution in [0.2, 0.25) is 0 Å². The number of nitrogens with one attached hydrogen (secondary N) is 1. The molecule has 0 aliphatic carbocycles. The quantitative estimate of drug-likeness (QED) is 0.814. The van der Waals surface area contributed by atoms with Gasteiger partial charge in [0.2, 0.25) is 5.09 Å². The van der Waals surface area contributed by atoms with E-state index >= 15 is 0 Å². The molecular formula is C11H10N2O4S. The fourth-order valence-electron chi connectivity index (χ4n) is 1.28. The zero-order valence-corrected chi connectivity index (χ0v) is 10.1. The van der Waals surface area contributed by atoms with Crippen molar-refractivity contribution in [2.75, 3.05) is 0 Å². The van der Waals surface area contributed by atoms with Crippen LogP contribution in [-0.2, 0) is 16.6 Å². The van der Waals surface area contributed by atoms with E-state index < -0.39 is 10.0 Å². The van der Waals surface area contributed by atoms with Crippen molar-refractivity contribution in [3.63, 3.8) is 0 Å². The second kappa shape index (κ2) is 5.11. The van der Waals surface area contributed by atoms with E-state index in [1.54, 1.807) is 24.4 Å². The summed E-state index contributed by atoms with van der Waals surface area (Å²) >= 11 is 0. The number of sulfonamides is 1. The summed E-state index contributed by atoms with van der Waals surface area (Å²) in [4.78, 5) is 14.4. The van der Waals surface area contributed by atoms with E-state index in [9.17, 15) is 13.2 Å². The molecule has 0 atom stereocenters. The average Bonchev–Trinajstić information content (AvgIpc) is 2.87. The summed E-state index contributed by atoms with van der Waals surface area (Å²) in [6.45, 7) is 0.0558. The fourth-order valence-corrected chi connectivity index (χ4v) is 2.22. The minimum absolute atomic E-state index is 0.0341. The van der Waals surface area contributed by atoms with Crippen molar-refractivity contribution < 1.29 is 17.6 Å². The van der Waals surface area contributed by atoms with Gasteiger partial charge in [0.05, 0.1) is 12.2 Å². The van der Waals surface area contributed by atoms with Gasteiger partial charge in [0.15, 0.2) is 12.0 Å². The highest BCUT2D eigenvalue weighted by Gasteiger charge is 2.18. The van der Waals surface area contributed by atoms with E-state index in [2.05, 4.69) is 9.71 Å². The molecule has 2 heterocycles. The van der Waals surface area contributed by atoms with Gasteiger partial charge in [-0.05, 0) is 24.3 Å². The van der Waals surface area contributed by atoms with Crippen LogP contribution in [0.5, 0.6) is 0 Å². The largest absolute Gasteiger partial charge is 0.440 e. The van der Waals surface area contributed by atoms with Crippen molar-refractivity contribution in [3.05, 3.63) is 48.0 Å². The SMILES string of the molecule is O=Cc1ccc(S(=O)(=O)NCc2ccccn2)o1. The summed E-state index contributed by atoms with van der Waals surface area (Å²) in [6, 6.07) is 7.71. The van der Waals surface area contributed by atoms with Gasteiger partial charge in [-0.2, -0.15) is 0 Å².